The van der Waals surface area contributed by atoms with Crippen LogP contribution in [0.4, 0.5) is 0 Å². The van der Waals surface area contributed by atoms with Crippen LogP contribution in [0, 0.1) is 0 Å². The van der Waals surface area contributed by atoms with Gasteiger partial charge in [0.05, 0.1) is 19.8 Å². The third-order valence-electron chi connectivity index (χ3n) is 2.85. The predicted molar refractivity (Wildman–Crippen MR) is 85.0 cm³/mol. The molecule has 3 nitrogen and oxygen atoms in total. The van der Waals surface area contributed by atoms with Gasteiger partial charge in [-0.05, 0) is 30.7 Å². The molecule has 0 aromatic heterocycles. The number of hydrogen-bond acceptors (Lipinski definition) is 4. The third kappa shape index (κ3) is 9.23. The van der Waals surface area contributed by atoms with Crippen molar-refractivity contribution in [2.45, 2.75) is 37.5 Å². The quantitative estimate of drug-likeness (QED) is 0.467. The molecule has 0 aliphatic heterocycles. The number of rotatable bonds is 12. The lowest BCUT2D eigenvalue weighted by atomic mass is 10.2. The maximum absolute atomic E-state index is 5.53. The molecule has 0 amide bonds. The Hall–Kier alpha value is -0.710. The fourth-order valence-corrected chi connectivity index (χ4v) is 1.86. The van der Waals surface area contributed by atoms with E-state index in [9.17, 15) is 0 Å². The molecule has 0 bridgehead atoms. The molecule has 1 aromatic carbocycles. The molecule has 20 heavy (non-hydrogen) atoms. The van der Waals surface area contributed by atoms with Crippen molar-refractivity contribution in [1.82, 2.24) is 0 Å². The minimum atomic E-state index is 0.558. The smallest absolute Gasteiger partial charge is 0.119 e. The van der Waals surface area contributed by atoms with Crippen molar-refractivity contribution in [3.05, 3.63) is 24.3 Å². The molecule has 1 aromatic rings. The number of thiol groups is 1. The minimum Gasteiger partial charge on any atom is -0.491 e. The van der Waals surface area contributed by atoms with Gasteiger partial charge in [-0.15, -0.1) is 12.6 Å². The Morgan fingerprint density at radius 1 is 0.800 bits per heavy atom. The molecule has 0 fully saturated rings. The Morgan fingerprint density at radius 3 is 2.15 bits per heavy atom. The highest BCUT2D eigenvalue weighted by molar-refractivity contribution is 7.80. The molecule has 114 valence electrons. The summed E-state index contributed by atoms with van der Waals surface area (Å²) in [5.41, 5.74) is 0. The summed E-state index contributed by atoms with van der Waals surface area (Å²) in [6.45, 7) is 5.50. The second-order valence-corrected chi connectivity index (χ2v) is 5.14. The van der Waals surface area contributed by atoms with Crippen molar-refractivity contribution in [2.75, 3.05) is 33.0 Å². The van der Waals surface area contributed by atoms with Crippen molar-refractivity contribution in [3.8, 4) is 5.75 Å². The number of hydrogen-bond donors (Lipinski definition) is 1. The Kier molecular flexibility index (Phi) is 10.5. The zero-order valence-electron chi connectivity index (χ0n) is 12.3. The van der Waals surface area contributed by atoms with Gasteiger partial charge in [0.1, 0.15) is 12.4 Å². The van der Waals surface area contributed by atoms with Crippen LogP contribution in [0.25, 0.3) is 0 Å². The zero-order chi connectivity index (χ0) is 14.5. The lowest BCUT2D eigenvalue weighted by molar-refractivity contribution is 0.0352. The molecular weight excluding hydrogens is 272 g/mol. The SMILES string of the molecule is CCCCCCOCCOCCOc1ccc(S)cc1. The van der Waals surface area contributed by atoms with E-state index < -0.39 is 0 Å². The van der Waals surface area contributed by atoms with E-state index in [1.165, 1.54) is 19.3 Å². The lowest BCUT2D eigenvalue weighted by Crippen LogP contribution is -2.11. The molecule has 0 heterocycles. The molecule has 0 spiro atoms. The summed E-state index contributed by atoms with van der Waals surface area (Å²) in [5, 5.41) is 0. The van der Waals surface area contributed by atoms with Crippen LogP contribution in [0.5, 0.6) is 5.75 Å². The summed E-state index contributed by atoms with van der Waals surface area (Å²) < 4.78 is 16.5. The average Bonchev–Trinajstić information content (AvgIpc) is 2.47. The summed E-state index contributed by atoms with van der Waals surface area (Å²) in [5.74, 6) is 0.846. The fourth-order valence-electron chi connectivity index (χ4n) is 1.71. The maximum atomic E-state index is 5.53. The molecule has 0 radical (unpaired) electrons. The summed E-state index contributed by atoms with van der Waals surface area (Å²) in [4.78, 5) is 0.935. The lowest BCUT2D eigenvalue weighted by Gasteiger charge is -2.08. The first-order valence-corrected chi connectivity index (χ1v) is 7.85. The first-order valence-electron chi connectivity index (χ1n) is 7.40. The monoisotopic (exact) mass is 298 g/mol. The van der Waals surface area contributed by atoms with Crippen LogP contribution in [-0.4, -0.2) is 33.0 Å². The van der Waals surface area contributed by atoms with Crippen molar-refractivity contribution < 1.29 is 14.2 Å². The van der Waals surface area contributed by atoms with E-state index in [2.05, 4.69) is 19.6 Å². The van der Waals surface area contributed by atoms with Crippen LogP contribution < -0.4 is 4.74 Å². The van der Waals surface area contributed by atoms with E-state index in [0.717, 1.165) is 23.7 Å². The van der Waals surface area contributed by atoms with Gasteiger partial charge in [0.15, 0.2) is 0 Å². The molecule has 1 rings (SSSR count). The van der Waals surface area contributed by atoms with Gasteiger partial charge in [-0.1, -0.05) is 26.2 Å². The maximum Gasteiger partial charge on any atom is 0.119 e. The fraction of sp³-hybridized carbons (Fsp3) is 0.625. The largest absolute Gasteiger partial charge is 0.491 e. The van der Waals surface area contributed by atoms with E-state index >= 15 is 0 Å². The van der Waals surface area contributed by atoms with E-state index in [1.807, 2.05) is 24.3 Å². The van der Waals surface area contributed by atoms with Gasteiger partial charge in [-0.3, -0.25) is 0 Å². The Balaban J connectivity index is 1.84. The standard InChI is InChI=1S/C16H26O3S/c1-2-3-4-5-10-17-11-12-18-13-14-19-15-6-8-16(20)9-7-15/h6-9,20H,2-5,10-14H2,1H3. The van der Waals surface area contributed by atoms with Crippen LogP contribution in [0.1, 0.15) is 32.6 Å². The van der Waals surface area contributed by atoms with Gasteiger partial charge >= 0.3 is 0 Å². The minimum absolute atomic E-state index is 0.558. The summed E-state index contributed by atoms with van der Waals surface area (Å²) >= 11 is 4.22. The predicted octanol–water partition coefficient (Wildman–Crippen LogP) is 3.97. The van der Waals surface area contributed by atoms with Gasteiger partial charge in [0.2, 0.25) is 0 Å². The van der Waals surface area contributed by atoms with Crippen molar-refractivity contribution in [2.24, 2.45) is 0 Å². The highest BCUT2D eigenvalue weighted by atomic mass is 32.1. The second kappa shape index (κ2) is 12.1. The van der Waals surface area contributed by atoms with Gasteiger partial charge in [0, 0.05) is 11.5 Å². The Morgan fingerprint density at radius 2 is 1.45 bits per heavy atom. The Labute approximate surface area is 128 Å². The molecule has 0 N–H and O–H groups in total. The first-order chi connectivity index (χ1) is 9.83. The molecule has 0 unspecified atom stereocenters. The highest BCUT2D eigenvalue weighted by Crippen LogP contribution is 2.13. The van der Waals surface area contributed by atoms with Crippen LogP contribution >= 0.6 is 12.6 Å². The molecule has 0 atom stereocenters. The normalized spacial score (nSPS) is 10.7. The first kappa shape index (κ1) is 17.3. The third-order valence-corrected chi connectivity index (χ3v) is 3.15. The molecule has 0 aliphatic rings. The zero-order valence-corrected chi connectivity index (χ0v) is 13.2. The van der Waals surface area contributed by atoms with Crippen LogP contribution in [0.3, 0.4) is 0 Å². The topological polar surface area (TPSA) is 27.7 Å². The summed E-state index contributed by atoms with van der Waals surface area (Å²) in [6.07, 6.45) is 4.97. The van der Waals surface area contributed by atoms with Crippen molar-refractivity contribution >= 4 is 12.6 Å². The number of ether oxygens (including phenoxy) is 3. The molecule has 0 saturated heterocycles. The second-order valence-electron chi connectivity index (χ2n) is 4.63. The van der Waals surface area contributed by atoms with Gasteiger partial charge in [0.25, 0.3) is 0 Å². The van der Waals surface area contributed by atoms with E-state index in [1.54, 1.807) is 0 Å². The van der Waals surface area contributed by atoms with Gasteiger partial charge in [-0.25, -0.2) is 0 Å². The molecule has 4 heteroatoms. The number of unbranched alkanes of at least 4 members (excludes halogenated alkanes) is 3. The molecule has 0 saturated carbocycles. The van der Waals surface area contributed by atoms with E-state index in [4.69, 9.17) is 14.2 Å². The van der Waals surface area contributed by atoms with Crippen LogP contribution in [0.15, 0.2) is 29.2 Å². The van der Waals surface area contributed by atoms with Crippen LogP contribution in [0.2, 0.25) is 0 Å². The summed E-state index contributed by atoms with van der Waals surface area (Å²) in [7, 11) is 0. The molecule has 0 aliphatic carbocycles. The average molecular weight is 298 g/mol. The van der Waals surface area contributed by atoms with E-state index in [-0.39, 0.29) is 0 Å². The van der Waals surface area contributed by atoms with Gasteiger partial charge in [-0.2, -0.15) is 0 Å². The van der Waals surface area contributed by atoms with Gasteiger partial charge < -0.3 is 14.2 Å². The van der Waals surface area contributed by atoms with Crippen LogP contribution in [-0.2, 0) is 9.47 Å². The van der Waals surface area contributed by atoms with E-state index in [0.29, 0.717) is 26.4 Å². The molecular formula is C16H26O3S. The number of benzene rings is 1. The van der Waals surface area contributed by atoms with Crippen molar-refractivity contribution in [3.63, 3.8) is 0 Å². The Bertz CT molecular complexity index is 327. The highest BCUT2D eigenvalue weighted by Gasteiger charge is 1.94. The van der Waals surface area contributed by atoms with Crippen molar-refractivity contribution in [1.29, 1.82) is 0 Å². The summed E-state index contributed by atoms with van der Waals surface area (Å²) in [6, 6.07) is 7.63.